The molecular weight excluding hydrogens is 292 g/mol. The number of aliphatic carboxylic acids is 1. The van der Waals surface area contributed by atoms with E-state index in [9.17, 15) is 9.90 Å². The molecule has 0 aromatic heterocycles. The third-order valence-electron chi connectivity index (χ3n) is 4.27. The molecule has 0 spiro atoms. The van der Waals surface area contributed by atoms with Gasteiger partial charge in [-0.3, -0.25) is 4.79 Å². The maximum absolute atomic E-state index is 11.8. The van der Waals surface area contributed by atoms with Crippen molar-refractivity contribution in [3.63, 3.8) is 0 Å². The number of carboxylic acids is 1. The van der Waals surface area contributed by atoms with Gasteiger partial charge in [0.1, 0.15) is 0 Å². The molecule has 1 fully saturated rings. The van der Waals surface area contributed by atoms with Crippen LogP contribution in [0.3, 0.4) is 0 Å². The molecule has 1 aliphatic carbocycles. The summed E-state index contributed by atoms with van der Waals surface area (Å²) in [5.74, 6) is -0.669. The number of hydrogen-bond donors (Lipinski definition) is 1. The lowest BCUT2D eigenvalue weighted by molar-refractivity contribution is -0.145. The second-order valence-corrected chi connectivity index (χ2v) is 6.20. The smallest absolute Gasteiger partial charge is 0.314 e. The minimum absolute atomic E-state index is 0.667. The number of rotatable bonds is 2. The lowest BCUT2D eigenvalue weighted by atomic mass is 9.69. The number of carboxylic acid groups (broad SMARTS) is 1. The Balaban J connectivity index is 2.52. The van der Waals surface area contributed by atoms with Gasteiger partial charge in [0, 0.05) is 4.47 Å². The maximum Gasteiger partial charge on any atom is 0.314 e. The molecular formula is C15H19BrO2. The van der Waals surface area contributed by atoms with Gasteiger partial charge in [0.05, 0.1) is 5.41 Å². The summed E-state index contributed by atoms with van der Waals surface area (Å²) >= 11 is 3.54. The van der Waals surface area contributed by atoms with Gasteiger partial charge in [-0.1, -0.05) is 41.3 Å². The highest BCUT2D eigenvalue weighted by atomic mass is 79.9. The van der Waals surface area contributed by atoms with Crippen LogP contribution >= 0.6 is 15.9 Å². The van der Waals surface area contributed by atoms with Crippen LogP contribution in [0.5, 0.6) is 0 Å². The monoisotopic (exact) mass is 310 g/mol. The first-order valence-corrected chi connectivity index (χ1v) is 7.27. The number of halogens is 1. The summed E-state index contributed by atoms with van der Waals surface area (Å²) in [5, 5.41) is 9.68. The van der Waals surface area contributed by atoms with E-state index in [2.05, 4.69) is 28.9 Å². The summed E-state index contributed by atoms with van der Waals surface area (Å²) in [6, 6.07) is 4.06. The Morgan fingerprint density at radius 1 is 1.22 bits per heavy atom. The van der Waals surface area contributed by atoms with Gasteiger partial charge in [-0.15, -0.1) is 0 Å². The molecule has 0 atom stereocenters. The molecule has 0 saturated heterocycles. The van der Waals surface area contributed by atoms with E-state index in [0.29, 0.717) is 0 Å². The molecule has 1 aliphatic rings. The minimum atomic E-state index is -0.669. The van der Waals surface area contributed by atoms with Crippen LogP contribution in [0.25, 0.3) is 0 Å². The van der Waals surface area contributed by atoms with Gasteiger partial charge in [0.2, 0.25) is 0 Å². The van der Waals surface area contributed by atoms with Crippen LogP contribution in [0.15, 0.2) is 16.6 Å². The van der Waals surface area contributed by atoms with Crippen molar-refractivity contribution >= 4 is 21.9 Å². The van der Waals surface area contributed by atoms with Gasteiger partial charge < -0.3 is 5.11 Å². The topological polar surface area (TPSA) is 37.3 Å². The number of carbonyl (C=O) groups is 1. The normalized spacial score (nSPS) is 18.6. The van der Waals surface area contributed by atoms with Crippen molar-refractivity contribution in [2.75, 3.05) is 0 Å². The van der Waals surface area contributed by atoms with Crippen LogP contribution in [-0.4, -0.2) is 11.1 Å². The second kappa shape index (κ2) is 5.04. The molecule has 98 valence electrons. The predicted octanol–water partition coefficient (Wildman–Crippen LogP) is 4.35. The molecule has 18 heavy (non-hydrogen) atoms. The van der Waals surface area contributed by atoms with Crippen molar-refractivity contribution < 1.29 is 9.90 Å². The van der Waals surface area contributed by atoms with Gasteiger partial charge in [-0.05, 0) is 49.4 Å². The first-order valence-electron chi connectivity index (χ1n) is 6.48. The largest absolute Gasteiger partial charge is 0.481 e. The van der Waals surface area contributed by atoms with E-state index < -0.39 is 11.4 Å². The number of benzene rings is 1. The van der Waals surface area contributed by atoms with Crippen molar-refractivity contribution in [2.24, 2.45) is 0 Å². The molecule has 0 heterocycles. The predicted molar refractivity (Wildman–Crippen MR) is 76.0 cm³/mol. The fourth-order valence-corrected chi connectivity index (χ4v) is 3.43. The van der Waals surface area contributed by atoms with Gasteiger partial charge in [0.25, 0.3) is 0 Å². The lowest BCUT2D eigenvalue weighted by Gasteiger charge is -2.34. The van der Waals surface area contributed by atoms with Crippen LogP contribution in [0.1, 0.15) is 48.8 Å². The van der Waals surface area contributed by atoms with E-state index in [1.165, 1.54) is 5.56 Å². The first-order chi connectivity index (χ1) is 8.47. The average molecular weight is 311 g/mol. The van der Waals surface area contributed by atoms with Crippen LogP contribution in [0.2, 0.25) is 0 Å². The Hall–Kier alpha value is -0.830. The zero-order valence-corrected chi connectivity index (χ0v) is 12.5. The molecule has 1 aromatic rings. The van der Waals surface area contributed by atoms with E-state index in [-0.39, 0.29) is 0 Å². The highest BCUT2D eigenvalue weighted by molar-refractivity contribution is 9.10. The fraction of sp³-hybridized carbons (Fsp3) is 0.533. The molecule has 1 aromatic carbocycles. The van der Waals surface area contributed by atoms with Crippen molar-refractivity contribution in [3.8, 4) is 0 Å². The zero-order valence-electron chi connectivity index (χ0n) is 10.9. The molecule has 1 N–H and O–H groups in total. The van der Waals surface area contributed by atoms with Crippen LogP contribution < -0.4 is 0 Å². The van der Waals surface area contributed by atoms with Crippen LogP contribution in [-0.2, 0) is 10.2 Å². The molecule has 0 radical (unpaired) electrons. The summed E-state index contributed by atoms with van der Waals surface area (Å²) in [6.07, 6.45) is 4.70. The molecule has 0 unspecified atom stereocenters. The Bertz CT molecular complexity index is 450. The molecule has 0 amide bonds. The van der Waals surface area contributed by atoms with Crippen LogP contribution in [0, 0.1) is 13.8 Å². The number of aryl methyl sites for hydroxylation is 1. The van der Waals surface area contributed by atoms with Crippen molar-refractivity contribution in [1.29, 1.82) is 0 Å². The Morgan fingerprint density at radius 2 is 1.83 bits per heavy atom. The standard InChI is InChI=1S/C15H19BrO2/c1-10-8-12(9-13(16)11(10)2)15(14(17)18)6-4-3-5-7-15/h8-9H,3-7H2,1-2H3,(H,17,18). The first kappa shape index (κ1) is 13.6. The van der Waals surface area contributed by atoms with Gasteiger partial charge in [-0.2, -0.15) is 0 Å². The summed E-state index contributed by atoms with van der Waals surface area (Å²) in [7, 11) is 0. The van der Waals surface area contributed by atoms with Crippen LogP contribution in [0.4, 0.5) is 0 Å². The Labute approximate surface area is 117 Å². The molecule has 1 saturated carbocycles. The molecule has 0 bridgehead atoms. The highest BCUT2D eigenvalue weighted by Crippen LogP contribution is 2.41. The summed E-state index contributed by atoms with van der Waals surface area (Å²) in [6.45, 7) is 4.10. The summed E-state index contributed by atoms with van der Waals surface area (Å²) < 4.78 is 1.02. The third kappa shape index (κ3) is 2.20. The highest BCUT2D eigenvalue weighted by Gasteiger charge is 2.41. The fourth-order valence-electron chi connectivity index (χ4n) is 2.87. The third-order valence-corrected chi connectivity index (χ3v) is 5.10. The maximum atomic E-state index is 11.8. The lowest BCUT2D eigenvalue weighted by Crippen LogP contribution is -2.38. The second-order valence-electron chi connectivity index (χ2n) is 5.35. The van der Waals surface area contributed by atoms with Crippen molar-refractivity contribution in [3.05, 3.63) is 33.3 Å². The minimum Gasteiger partial charge on any atom is -0.481 e. The van der Waals surface area contributed by atoms with E-state index in [1.54, 1.807) is 0 Å². The van der Waals surface area contributed by atoms with E-state index in [0.717, 1.165) is 47.7 Å². The molecule has 2 rings (SSSR count). The van der Waals surface area contributed by atoms with E-state index in [4.69, 9.17) is 0 Å². The zero-order chi connectivity index (χ0) is 13.3. The Morgan fingerprint density at radius 3 is 2.33 bits per heavy atom. The van der Waals surface area contributed by atoms with Gasteiger partial charge in [0.15, 0.2) is 0 Å². The average Bonchev–Trinajstić information content (AvgIpc) is 2.36. The molecule has 2 nitrogen and oxygen atoms in total. The molecule has 3 heteroatoms. The molecule has 0 aliphatic heterocycles. The Kier molecular flexibility index (Phi) is 3.81. The summed E-state index contributed by atoms with van der Waals surface area (Å²) in [5.41, 5.74) is 2.64. The van der Waals surface area contributed by atoms with Crippen molar-refractivity contribution in [1.82, 2.24) is 0 Å². The number of hydrogen-bond acceptors (Lipinski definition) is 1. The van der Waals surface area contributed by atoms with Gasteiger partial charge >= 0.3 is 5.97 Å². The SMILES string of the molecule is Cc1cc(C2(C(=O)O)CCCCC2)cc(Br)c1C. The van der Waals surface area contributed by atoms with Gasteiger partial charge in [-0.25, -0.2) is 0 Å². The quantitative estimate of drug-likeness (QED) is 0.881. The van der Waals surface area contributed by atoms with Crippen molar-refractivity contribution in [2.45, 2.75) is 51.4 Å². The van der Waals surface area contributed by atoms with E-state index in [1.807, 2.05) is 13.0 Å². The van der Waals surface area contributed by atoms with E-state index >= 15 is 0 Å². The summed E-state index contributed by atoms with van der Waals surface area (Å²) in [4.78, 5) is 11.8.